The minimum atomic E-state index is -0.579. The Morgan fingerprint density at radius 3 is 2.91 bits per heavy atom. The summed E-state index contributed by atoms with van der Waals surface area (Å²) < 4.78 is 0. The predicted octanol–water partition coefficient (Wildman–Crippen LogP) is 3.89. The molecule has 124 valence electrons. The average Bonchev–Trinajstić information content (AvgIpc) is 2.55. The Morgan fingerprint density at radius 1 is 1.35 bits per heavy atom. The van der Waals surface area contributed by atoms with Gasteiger partial charge in [0.15, 0.2) is 0 Å². The van der Waals surface area contributed by atoms with E-state index in [1.807, 2.05) is 0 Å². The molecule has 4 bridgehead atoms. The van der Waals surface area contributed by atoms with Gasteiger partial charge in [-0.15, -0.1) is 0 Å². The van der Waals surface area contributed by atoms with Crippen LogP contribution in [0.3, 0.4) is 0 Å². The van der Waals surface area contributed by atoms with E-state index in [0.717, 1.165) is 38.5 Å². The van der Waals surface area contributed by atoms with Gasteiger partial charge in [-0.05, 0) is 31.1 Å². The second-order valence-corrected chi connectivity index (χ2v) is 7.87. The molecule has 0 aromatic heterocycles. The van der Waals surface area contributed by atoms with E-state index in [9.17, 15) is 9.90 Å². The zero-order chi connectivity index (χ0) is 16.0. The molecule has 3 heteroatoms. The lowest BCUT2D eigenvalue weighted by Gasteiger charge is -2.59. The maximum atomic E-state index is 12.2. The van der Waals surface area contributed by atoms with Gasteiger partial charge in [0.25, 0.3) is 0 Å². The zero-order valence-electron chi connectivity index (χ0n) is 13.9. The summed E-state index contributed by atoms with van der Waals surface area (Å²) in [7, 11) is 0. The van der Waals surface area contributed by atoms with Crippen molar-refractivity contribution in [3.63, 3.8) is 0 Å². The first-order valence-corrected chi connectivity index (χ1v) is 9.22. The zero-order valence-corrected chi connectivity index (χ0v) is 13.9. The molecule has 6 unspecified atom stereocenters. The second kappa shape index (κ2) is 5.54. The largest absolute Gasteiger partial charge is 0.481 e. The molecule has 0 aromatic carbocycles. The first kappa shape index (κ1) is 15.0. The Morgan fingerprint density at radius 2 is 2.17 bits per heavy atom. The van der Waals surface area contributed by atoms with Crippen LogP contribution < -0.4 is 5.32 Å². The molecule has 2 heterocycles. The monoisotopic (exact) mass is 313 g/mol. The molecule has 3 aliphatic carbocycles. The van der Waals surface area contributed by atoms with Gasteiger partial charge in [-0.2, -0.15) is 0 Å². The van der Waals surface area contributed by atoms with E-state index in [-0.39, 0.29) is 6.04 Å². The summed E-state index contributed by atoms with van der Waals surface area (Å²) in [5.74, 6) is 1.52. The fraction of sp³-hybridized carbons (Fsp3) is 0.650. The van der Waals surface area contributed by atoms with Crippen LogP contribution in [0.15, 0.2) is 36.1 Å². The highest BCUT2D eigenvalue weighted by atomic mass is 16.4. The van der Waals surface area contributed by atoms with Crippen LogP contribution in [0, 0.1) is 29.1 Å². The molecular weight excluding hydrogens is 286 g/mol. The summed E-state index contributed by atoms with van der Waals surface area (Å²) >= 11 is 0. The standard InChI is InChI=1S/C20H27NO2/c1-2-3-6-9-20(19(22)23)12-16-15-11-18(20)21-17(16)10-13-7-4-5-8-14(13)15/h4-5,7-8,10,13-16,18,21H,2-3,6,9,11-12H2,1H3,(H,22,23). The Balaban J connectivity index is 1.62. The van der Waals surface area contributed by atoms with Crippen LogP contribution in [-0.4, -0.2) is 17.1 Å². The third-order valence-electron chi connectivity index (χ3n) is 6.76. The van der Waals surface area contributed by atoms with E-state index in [0.29, 0.717) is 23.7 Å². The van der Waals surface area contributed by atoms with E-state index in [1.54, 1.807) is 0 Å². The fourth-order valence-corrected chi connectivity index (χ4v) is 5.54. The van der Waals surface area contributed by atoms with Crippen molar-refractivity contribution in [3.05, 3.63) is 36.1 Å². The van der Waals surface area contributed by atoms with Crippen LogP contribution in [0.25, 0.3) is 0 Å². The Hall–Kier alpha value is -1.51. The van der Waals surface area contributed by atoms with E-state index >= 15 is 0 Å². The molecule has 0 radical (unpaired) electrons. The predicted molar refractivity (Wildman–Crippen MR) is 90.7 cm³/mol. The summed E-state index contributed by atoms with van der Waals surface area (Å²) in [6.07, 6.45) is 17.3. The molecule has 3 fully saturated rings. The fourth-order valence-electron chi connectivity index (χ4n) is 5.54. The lowest BCUT2D eigenvalue weighted by molar-refractivity contribution is -0.159. The van der Waals surface area contributed by atoms with Gasteiger partial charge in [-0.3, -0.25) is 4.79 Å². The number of rotatable bonds is 5. The number of aliphatic carboxylic acids is 1. The van der Waals surface area contributed by atoms with Crippen molar-refractivity contribution in [2.45, 2.75) is 51.5 Å². The van der Waals surface area contributed by atoms with Crippen molar-refractivity contribution in [2.24, 2.45) is 29.1 Å². The number of unbranched alkanes of at least 4 members (excludes halogenated alkanes) is 2. The molecule has 3 nitrogen and oxygen atoms in total. The quantitative estimate of drug-likeness (QED) is 0.757. The number of nitrogens with one attached hydrogen (secondary N) is 1. The first-order valence-electron chi connectivity index (χ1n) is 9.22. The van der Waals surface area contributed by atoms with Crippen molar-refractivity contribution in [1.82, 2.24) is 5.32 Å². The van der Waals surface area contributed by atoms with Gasteiger partial charge in [0.2, 0.25) is 0 Å². The maximum absolute atomic E-state index is 12.2. The highest BCUT2D eigenvalue weighted by Crippen LogP contribution is 2.57. The summed E-state index contributed by atoms with van der Waals surface area (Å²) in [5, 5.41) is 13.7. The minimum Gasteiger partial charge on any atom is -0.481 e. The molecule has 1 saturated carbocycles. The molecule has 2 aliphatic heterocycles. The van der Waals surface area contributed by atoms with Gasteiger partial charge in [-0.1, -0.05) is 56.6 Å². The molecule has 0 spiro atoms. The highest BCUT2D eigenvalue weighted by molar-refractivity contribution is 5.76. The molecule has 2 saturated heterocycles. The van der Waals surface area contributed by atoms with Crippen LogP contribution in [0.4, 0.5) is 0 Å². The van der Waals surface area contributed by atoms with Gasteiger partial charge < -0.3 is 10.4 Å². The number of carbonyl (C=O) groups is 1. The summed E-state index contributed by atoms with van der Waals surface area (Å²) in [6, 6.07) is 0.110. The third-order valence-corrected chi connectivity index (χ3v) is 6.76. The Labute approximate surface area is 138 Å². The van der Waals surface area contributed by atoms with Crippen LogP contribution in [0.2, 0.25) is 0 Å². The van der Waals surface area contributed by atoms with Crippen molar-refractivity contribution in [3.8, 4) is 0 Å². The lowest BCUT2D eigenvalue weighted by Crippen LogP contribution is -2.64. The molecule has 5 rings (SSSR count). The number of fused-ring (bicyclic) bond motifs is 2. The molecule has 0 amide bonds. The normalized spacial score (nSPS) is 42.8. The van der Waals surface area contributed by atoms with Crippen LogP contribution >= 0.6 is 0 Å². The Kier molecular flexibility index (Phi) is 3.62. The van der Waals surface area contributed by atoms with Crippen LogP contribution in [-0.2, 0) is 4.79 Å². The van der Waals surface area contributed by atoms with Crippen molar-refractivity contribution >= 4 is 5.97 Å². The number of allylic oxidation sites excluding steroid dienone is 6. The van der Waals surface area contributed by atoms with Crippen LogP contribution in [0.1, 0.15) is 45.4 Å². The molecule has 0 aromatic rings. The third kappa shape index (κ3) is 2.20. The first-order chi connectivity index (χ1) is 11.2. The smallest absolute Gasteiger partial charge is 0.311 e. The number of hydrogen-bond acceptors (Lipinski definition) is 2. The van der Waals surface area contributed by atoms with Gasteiger partial charge in [-0.25, -0.2) is 0 Å². The van der Waals surface area contributed by atoms with E-state index < -0.39 is 11.4 Å². The average molecular weight is 313 g/mol. The summed E-state index contributed by atoms with van der Waals surface area (Å²) in [6.45, 7) is 2.18. The van der Waals surface area contributed by atoms with Crippen molar-refractivity contribution in [1.29, 1.82) is 0 Å². The molecule has 6 atom stereocenters. The van der Waals surface area contributed by atoms with E-state index in [1.165, 1.54) is 5.70 Å². The van der Waals surface area contributed by atoms with Crippen molar-refractivity contribution in [2.75, 3.05) is 0 Å². The highest BCUT2D eigenvalue weighted by Gasteiger charge is 2.59. The lowest BCUT2D eigenvalue weighted by atomic mass is 9.51. The summed E-state index contributed by atoms with van der Waals surface area (Å²) in [5.41, 5.74) is 0.786. The van der Waals surface area contributed by atoms with Crippen LogP contribution in [0.5, 0.6) is 0 Å². The molecule has 23 heavy (non-hydrogen) atoms. The van der Waals surface area contributed by atoms with Gasteiger partial charge in [0.1, 0.15) is 0 Å². The SMILES string of the molecule is CCCCCC1(C(=O)O)CC2C3=CC4C=CC=CC4C2CC1N3. The van der Waals surface area contributed by atoms with E-state index in [2.05, 4.69) is 42.6 Å². The van der Waals surface area contributed by atoms with Gasteiger partial charge >= 0.3 is 5.97 Å². The number of piperidine rings is 2. The van der Waals surface area contributed by atoms with Gasteiger partial charge in [0.05, 0.1) is 5.41 Å². The summed E-state index contributed by atoms with van der Waals surface area (Å²) in [4.78, 5) is 12.2. The molecular formula is C20H27NO2. The minimum absolute atomic E-state index is 0.110. The van der Waals surface area contributed by atoms with E-state index in [4.69, 9.17) is 0 Å². The molecule has 2 N–H and O–H groups in total. The van der Waals surface area contributed by atoms with Crippen molar-refractivity contribution < 1.29 is 9.90 Å². The number of carboxylic acid groups (broad SMARTS) is 1. The molecule has 5 aliphatic rings. The topological polar surface area (TPSA) is 49.3 Å². The second-order valence-electron chi connectivity index (χ2n) is 7.87. The van der Waals surface area contributed by atoms with Gasteiger partial charge in [0, 0.05) is 23.6 Å². The number of hydrogen-bond donors (Lipinski definition) is 2. The Bertz CT molecular complexity index is 590. The maximum Gasteiger partial charge on any atom is 0.311 e. The number of carboxylic acids is 1.